The number of halogens is 3. The van der Waals surface area contributed by atoms with Crippen molar-refractivity contribution < 1.29 is 13.2 Å². The molecule has 0 aromatic heterocycles. The second-order valence-corrected chi connectivity index (χ2v) is 2.90. The monoisotopic (exact) mass is 187 g/mol. The van der Waals surface area contributed by atoms with Gasteiger partial charge in [0.1, 0.15) is 0 Å². The van der Waals surface area contributed by atoms with Gasteiger partial charge in [0.25, 0.3) is 0 Å². The first kappa shape index (κ1) is 10.1. The first-order valence-electron chi connectivity index (χ1n) is 3.89. The Labute approximate surface area is 75.4 Å². The summed E-state index contributed by atoms with van der Waals surface area (Å²) in [6.07, 6.45) is -2.20. The smallest absolute Gasteiger partial charge is 0.241 e. The Balaban J connectivity index is 3.14. The molecule has 0 bridgehead atoms. The molecular weight excluding hydrogens is 177 g/mol. The van der Waals surface area contributed by atoms with Crippen LogP contribution < -0.4 is 0 Å². The van der Waals surface area contributed by atoms with Crippen LogP contribution in [0.3, 0.4) is 0 Å². The molecule has 0 saturated heterocycles. The van der Waals surface area contributed by atoms with E-state index in [9.17, 15) is 13.2 Å². The van der Waals surface area contributed by atoms with Crippen LogP contribution in [0.2, 0.25) is 0 Å². The van der Waals surface area contributed by atoms with E-state index in [2.05, 4.69) is 6.92 Å². The van der Waals surface area contributed by atoms with Crippen molar-refractivity contribution in [1.29, 1.82) is 0 Å². The third-order valence-corrected chi connectivity index (χ3v) is 1.88. The van der Waals surface area contributed by atoms with Gasteiger partial charge in [0.15, 0.2) is 6.17 Å². The summed E-state index contributed by atoms with van der Waals surface area (Å²) in [6.45, 7) is 4.26. The minimum absolute atomic E-state index is 0.164. The van der Waals surface area contributed by atoms with Gasteiger partial charge in [-0.3, -0.25) is 0 Å². The second-order valence-electron chi connectivity index (χ2n) is 2.90. The van der Waals surface area contributed by atoms with Gasteiger partial charge in [-0.2, -0.15) is 8.78 Å². The fraction of sp³-hybridized carbons (Fsp3) is 0.300. The minimum atomic E-state index is -3.45. The predicted octanol–water partition coefficient (Wildman–Crippen LogP) is 3.32. The molecule has 3 heteroatoms. The largest absolute Gasteiger partial charge is 0.303 e. The Morgan fingerprint density at radius 2 is 1.85 bits per heavy atom. The van der Waals surface area contributed by atoms with Crippen LogP contribution >= 0.6 is 0 Å². The fourth-order valence-electron chi connectivity index (χ4n) is 1.06. The summed E-state index contributed by atoms with van der Waals surface area (Å²) in [7, 11) is 0. The molecule has 0 saturated carbocycles. The molecule has 0 amide bonds. The summed E-state index contributed by atoms with van der Waals surface area (Å²) >= 11 is 0. The average Bonchev–Trinajstić information content (AvgIpc) is 2.04. The van der Waals surface area contributed by atoms with Crippen molar-refractivity contribution in [3.05, 3.63) is 42.3 Å². The molecule has 0 spiro atoms. The predicted molar refractivity (Wildman–Crippen MR) is 45.4 cm³/mol. The molecule has 0 aliphatic rings. The van der Waals surface area contributed by atoms with E-state index in [1.54, 1.807) is 6.07 Å². The summed E-state index contributed by atoms with van der Waals surface area (Å²) in [6, 6.07) is 5.66. The van der Waals surface area contributed by atoms with Crippen molar-refractivity contribution in [2.75, 3.05) is 0 Å². The third kappa shape index (κ3) is 1.85. The Morgan fingerprint density at radius 3 is 2.31 bits per heavy atom. The van der Waals surface area contributed by atoms with E-state index >= 15 is 0 Å². The van der Waals surface area contributed by atoms with Crippen LogP contribution in [0.25, 0.3) is 0 Å². The summed E-state index contributed by atoms with van der Waals surface area (Å²) in [5.74, 6) is -3.45. The molecule has 0 N–H and O–H groups in total. The zero-order chi connectivity index (χ0) is 10.1. The van der Waals surface area contributed by atoms with Gasteiger partial charge in [0, 0.05) is 5.56 Å². The first-order valence-corrected chi connectivity index (χ1v) is 3.89. The van der Waals surface area contributed by atoms with Crippen LogP contribution in [0.1, 0.15) is 18.1 Å². The van der Waals surface area contributed by atoms with Crippen LogP contribution in [-0.4, -0.2) is 6.17 Å². The number of benzene rings is 1. The lowest BCUT2D eigenvalue weighted by Crippen LogP contribution is -2.25. The summed E-state index contributed by atoms with van der Waals surface area (Å²) in [5.41, 5.74) is -0.179. The van der Waals surface area contributed by atoms with Crippen LogP contribution in [0, 0.1) is 6.92 Å². The third-order valence-electron chi connectivity index (χ3n) is 1.88. The molecule has 0 aliphatic heterocycles. The molecule has 0 heterocycles. The molecule has 1 radical (unpaired) electrons. The maximum atomic E-state index is 13.1. The zero-order valence-electron chi connectivity index (χ0n) is 7.23. The zero-order valence-corrected chi connectivity index (χ0v) is 7.23. The van der Waals surface area contributed by atoms with E-state index in [4.69, 9.17) is 0 Å². The number of alkyl halides is 3. The maximum absolute atomic E-state index is 13.1. The molecule has 0 nitrogen and oxygen atoms in total. The molecule has 1 aromatic rings. The van der Waals surface area contributed by atoms with Crippen molar-refractivity contribution in [3.63, 3.8) is 0 Å². The van der Waals surface area contributed by atoms with E-state index < -0.39 is 12.1 Å². The molecule has 0 aliphatic carbocycles. The van der Waals surface area contributed by atoms with E-state index in [0.717, 1.165) is 6.92 Å². The Hall–Kier alpha value is -0.990. The Bertz CT molecular complexity index is 292. The highest BCUT2D eigenvalue weighted by atomic mass is 19.3. The number of rotatable bonds is 2. The average molecular weight is 187 g/mol. The molecule has 13 heavy (non-hydrogen) atoms. The van der Waals surface area contributed by atoms with Crippen LogP contribution in [0.4, 0.5) is 13.2 Å². The van der Waals surface area contributed by atoms with Gasteiger partial charge < -0.3 is 0 Å². The topological polar surface area (TPSA) is 0 Å². The van der Waals surface area contributed by atoms with Gasteiger partial charge in [-0.05, 0) is 19.4 Å². The second kappa shape index (κ2) is 3.40. The normalized spacial score (nSPS) is 14.2. The standard InChI is InChI=1S/C10H10F3/c1-7-5-3-4-6-9(7)10(12,13)8(2)11/h3-6,8H,1H2,2H3. The van der Waals surface area contributed by atoms with E-state index in [-0.39, 0.29) is 11.1 Å². The van der Waals surface area contributed by atoms with Crippen molar-refractivity contribution >= 4 is 0 Å². The van der Waals surface area contributed by atoms with Crippen molar-refractivity contribution in [2.24, 2.45) is 0 Å². The summed E-state index contributed by atoms with van der Waals surface area (Å²) < 4.78 is 38.8. The minimum Gasteiger partial charge on any atom is -0.241 e. The van der Waals surface area contributed by atoms with E-state index in [0.29, 0.717) is 0 Å². The molecular formula is C10H10F3. The lowest BCUT2D eigenvalue weighted by atomic mass is 10.00. The molecule has 0 fully saturated rings. The van der Waals surface area contributed by atoms with Gasteiger partial charge in [-0.25, -0.2) is 4.39 Å². The van der Waals surface area contributed by atoms with Crippen molar-refractivity contribution in [1.82, 2.24) is 0 Å². The van der Waals surface area contributed by atoms with Crippen LogP contribution in [-0.2, 0) is 5.92 Å². The number of hydrogen-bond donors (Lipinski definition) is 0. The van der Waals surface area contributed by atoms with Crippen LogP contribution in [0.15, 0.2) is 24.3 Å². The molecule has 1 rings (SSSR count). The highest BCUT2D eigenvalue weighted by Crippen LogP contribution is 2.35. The lowest BCUT2D eigenvalue weighted by Gasteiger charge is -2.19. The van der Waals surface area contributed by atoms with Gasteiger partial charge in [-0.15, -0.1) is 0 Å². The van der Waals surface area contributed by atoms with Crippen LogP contribution in [0.5, 0.6) is 0 Å². The molecule has 1 unspecified atom stereocenters. The highest BCUT2D eigenvalue weighted by molar-refractivity contribution is 5.33. The van der Waals surface area contributed by atoms with E-state index in [1.165, 1.54) is 18.2 Å². The quantitative estimate of drug-likeness (QED) is 0.666. The van der Waals surface area contributed by atoms with Gasteiger partial charge in [0.2, 0.25) is 0 Å². The van der Waals surface area contributed by atoms with Gasteiger partial charge >= 0.3 is 5.92 Å². The van der Waals surface area contributed by atoms with Crippen molar-refractivity contribution in [2.45, 2.75) is 19.0 Å². The van der Waals surface area contributed by atoms with Crippen molar-refractivity contribution in [3.8, 4) is 0 Å². The Kier molecular flexibility index (Phi) is 2.64. The maximum Gasteiger partial charge on any atom is 0.303 e. The SMILES string of the molecule is [CH2]c1ccccc1C(F)(F)C(C)F. The highest BCUT2D eigenvalue weighted by Gasteiger charge is 2.39. The lowest BCUT2D eigenvalue weighted by molar-refractivity contribution is -0.0715. The molecule has 1 aromatic carbocycles. The van der Waals surface area contributed by atoms with E-state index in [1.807, 2.05) is 0 Å². The Morgan fingerprint density at radius 1 is 1.31 bits per heavy atom. The van der Waals surface area contributed by atoms with Gasteiger partial charge in [0.05, 0.1) is 0 Å². The molecule has 71 valence electrons. The summed E-state index contributed by atoms with van der Waals surface area (Å²) in [4.78, 5) is 0. The summed E-state index contributed by atoms with van der Waals surface area (Å²) in [5, 5.41) is 0. The number of hydrogen-bond acceptors (Lipinski definition) is 0. The fourth-order valence-corrected chi connectivity index (χ4v) is 1.06. The first-order chi connectivity index (χ1) is 5.96. The molecule has 1 atom stereocenters. The van der Waals surface area contributed by atoms with Gasteiger partial charge in [-0.1, -0.05) is 24.3 Å².